The van der Waals surface area contributed by atoms with Crippen molar-refractivity contribution in [2.45, 2.75) is 44.6 Å². The normalized spacial score (nSPS) is 21.0. The third-order valence-corrected chi connectivity index (χ3v) is 6.57. The summed E-state index contributed by atoms with van der Waals surface area (Å²) < 4.78 is 18.0. The van der Waals surface area contributed by atoms with Crippen LogP contribution in [0.15, 0.2) is 67.0 Å². The molecule has 1 N–H and O–H groups in total. The summed E-state index contributed by atoms with van der Waals surface area (Å²) in [5, 5.41) is 3.26. The number of piperidine rings is 1. The van der Waals surface area contributed by atoms with Crippen LogP contribution in [0.25, 0.3) is 0 Å². The standard InChI is InChI=1S/C28H31N3O4/c1-33-26-9-7-20-8-10-28(32)30-24-18-31(17-22-5-3-12-29-16-22)13-11-25(24)34-19-21-4-2-6-23(14-21)35-27(26)15-20/h2-7,9,12,14-16,24-25H,8,10-11,13,17-19H2,1H3,(H,30,32)/t24-,25+/m0/s1. The highest BCUT2D eigenvalue weighted by atomic mass is 16.5. The van der Waals surface area contributed by atoms with Gasteiger partial charge in [-0.05, 0) is 59.9 Å². The summed E-state index contributed by atoms with van der Waals surface area (Å²) in [5.41, 5.74) is 3.22. The highest BCUT2D eigenvalue weighted by Gasteiger charge is 2.31. The highest BCUT2D eigenvalue weighted by Crippen LogP contribution is 2.33. The second-order valence-electron chi connectivity index (χ2n) is 9.14. The number of nitrogens with one attached hydrogen (secondary N) is 1. The number of methoxy groups -OCH3 is 1. The number of likely N-dealkylation sites (tertiary alicyclic amines) is 1. The fourth-order valence-electron chi connectivity index (χ4n) is 4.75. The molecule has 0 radical (unpaired) electrons. The molecule has 7 nitrogen and oxygen atoms in total. The molecule has 35 heavy (non-hydrogen) atoms. The van der Waals surface area contributed by atoms with Crippen LogP contribution in [0.2, 0.25) is 0 Å². The Labute approximate surface area is 206 Å². The zero-order chi connectivity index (χ0) is 24.0. The molecule has 5 rings (SSSR count). The van der Waals surface area contributed by atoms with Crippen LogP contribution in [0.3, 0.4) is 0 Å². The van der Waals surface area contributed by atoms with Crippen LogP contribution in [-0.4, -0.2) is 48.1 Å². The summed E-state index contributed by atoms with van der Waals surface area (Å²) in [6, 6.07) is 17.7. The van der Waals surface area contributed by atoms with E-state index in [0.29, 0.717) is 30.9 Å². The monoisotopic (exact) mass is 473 g/mol. The van der Waals surface area contributed by atoms with Crippen LogP contribution in [-0.2, 0) is 29.1 Å². The van der Waals surface area contributed by atoms with Gasteiger partial charge in [-0.25, -0.2) is 0 Å². The maximum Gasteiger partial charge on any atom is 0.220 e. The first-order valence-electron chi connectivity index (χ1n) is 12.1. The average Bonchev–Trinajstić information content (AvgIpc) is 2.88. The van der Waals surface area contributed by atoms with Crippen LogP contribution in [0, 0.1) is 0 Å². The molecular weight excluding hydrogens is 442 g/mol. The number of nitrogens with zero attached hydrogens (tertiary/aromatic N) is 2. The van der Waals surface area contributed by atoms with Crippen molar-refractivity contribution < 1.29 is 19.0 Å². The van der Waals surface area contributed by atoms with E-state index in [1.54, 1.807) is 13.3 Å². The topological polar surface area (TPSA) is 72.9 Å². The van der Waals surface area contributed by atoms with Gasteiger partial charge in [0.1, 0.15) is 5.75 Å². The number of rotatable bonds is 3. The summed E-state index contributed by atoms with van der Waals surface area (Å²) in [5.74, 6) is 2.05. The predicted molar refractivity (Wildman–Crippen MR) is 132 cm³/mol. The van der Waals surface area contributed by atoms with Gasteiger partial charge in [0.2, 0.25) is 5.91 Å². The number of ether oxygens (including phenoxy) is 3. The zero-order valence-electron chi connectivity index (χ0n) is 20.0. The van der Waals surface area contributed by atoms with E-state index >= 15 is 0 Å². The smallest absolute Gasteiger partial charge is 0.220 e. The Hall–Kier alpha value is -3.42. The maximum atomic E-state index is 13.0. The number of carbonyl (C=O) groups is 1. The number of hydrogen-bond donors (Lipinski definition) is 1. The van der Waals surface area contributed by atoms with Gasteiger partial charge in [-0.1, -0.05) is 24.3 Å². The van der Waals surface area contributed by atoms with Crippen molar-refractivity contribution in [2.24, 2.45) is 0 Å². The van der Waals surface area contributed by atoms with E-state index in [0.717, 1.165) is 42.9 Å². The molecule has 0 aliphatic carbocycles. The molecule has 2 atom stereocenters. The van der Waals surface area contributed by atoms with Gasteiger partial charge in [0.05, 0.1) is 25.9 Å². The summed E-state index contributed by atoms with van der Waals surface area (Å²) in [6.07, 6.45) is 5.49. The Bertz CT molecular complexity index is 1150. The molecule has 1 fully saturated rings. The lowest BCUT2D eigenvalue weighted by molar-refractivity contribution is -0.124. The van der Waals surface area contributed by atoms with Crippen molar-refractivity contribution in [3.63, 3.8) is 0 Å². The molecule has 182 valence electrons. The van der Waals surface area contributed by atoms with Crippen molar-refractivity contribution in [3.8, 4) is 17.2 Å². The van der Waals surface area contributed by atoms with Gasteiger partial charge in [0.25, 0.3) is 0 Å². The Balaban J connectivity index is 1.37. The third-order valence-electron chi connectivity index (χ3n) is 6.57. The lowest BCUT2D eigenvalue weighted by Crippen LogP contribution is -2.55. The van der Waals surface area contributed by atoms with Crippen LogP contribution in [0.4, 0.5) is 0 Å². The minimum atomic E-state index is -0.0797. The first-order chi connectivity index (χ1) is 17.2. The van der Waals surface area contributed by atoms with E-state index in [1.807, 2.05) is 54.7 Å². The average molecular weight is 474 g/mol. The van der Waals surface area contributed by atoms with Crippen LogP contribution < -0.4 is 14.8 Å². The minimum absolute atomic E-state index is 0.0283. The molecule has 3 aromatic rings. The number of pyridine rings is 1. The number of hydrogen-bond acceptors (Lipinski definition) is 6. The number of aryl methyl sites for hydroxylation is 1. The lowest BCUT2D eigenvalue weighted by atomic mass is 10.0. The molecule has 4 bridgehead atoms. The quantitative estimate of drug-likeness (QED) is 0.617. The molecule has 2 aromatic carbocycles. The molecule has 3 heterocycles. The number of amides is 1. The maximum absolute atomic E-state index is 13.0. The lowest BCUT2D eigenvalue weighted by Gasteiger charge is -2.38. The van der Waals surface area contributed by atoms with Crippen molar-refractivity contribution in [1.29, 1.82) is 0 Å². The van der Waals surface area contributed by atoms with E-state index in [2.05, 4.69) is 21.3 Å². The molecule has 2 aliphatic heterocycles. The van der Waals surface area contributed by atoms with Gasteiger partial charge in [-0.2, -0.15) is 0 Å². The molecule has 0 saturated carbocycles. The fraction of sp³-hybridized carbons (Fsp3) is 0.357. The fourth-order valence-corrected chi connectivity index (χ4v) is 4.75. The summed E-state index contributed by atoms with van der Waals surface area (Å²) >= 11 is 0. The first-order valence-corrected chi connectivity index (χ1v) is 12.1. The molecular formula is C28H31N3O4. The third kappa shape index (κ3) is 5.99. The number of carbonyl (C=O) groups excluding carboxylic acids is 1. The highest BCUT2D eigenvalue weighted by molar-refractivity contribution is 5.76. The van der Waals surface area contributed by atoms with Crippen molar-refractivity contribution in [3.05, 3.63) is 83.7 Å². The number of benzene rings is 2. The summed E-state index contributed by atoms with van der Waals surface area (Å²) in [4.78, 5) is 19.6. The van der Waals surface area contributed by atoms with E-state index in [-0.39, 0.29) is 18.1 Å². The van der Waals surface area contributed by atoms with Gasteiger partial charge in [0.15, 0.2) is 11.5 Å². The van der Waals surface area contributed by atoms with Crippen molar-refractivity contribution in [2.75, 3.05) is 20.2 Å². The van der Waals surface area contributed by atoms with E-state index in [4.69, 9.17) is 14.2 Å². The molecule has 1 saturated heterocycles. The van der Waals surface area contributed by atoms with Crippen molar-refractivity contribution in [1.82, 2.24) is 15.2 Å². The largest absolute Gasteiger partial charge is 0.493 e. The number of fused-ring (bicyclic) bond motifs is 5. The molecule has 1 aromatic heterocycles. The second-order valence-corrected chi connectivity index (χ2v) is 9.14. The minimum Gasteiger partial charge on any atom is -0.493 e. The van der Waals surface area contributed by atoms with Crippen LogP contribution in [0.5, 0.6) is 17.2 Å². The van der Waals surface area contributed by atoms with Crippen molar-refractivity contribution >= 4 is 5.91 Å². The van der Waals surface area contributed by atoms with E-state index in [9.17, 15) is 4.79 Å². The summed E-state index contributed by atoms with van der Waals surface area (Å²) in [7, 11) is 1.63. The van der Waals surface area contributed by atoms with E-state index in [1.165, 1.54) is 5.56 Å². The van der Waals surface area contributed by atoms with Crippen LogP contribution in [0.1, 0.15) is 29.5 Å². The molecule has 2 aliphatic rings. The van der Waals surface area contributed by atoms with Gasteiger partial charge in [0, 0.05) is 38.4 Å². The number of aromatic nitrogens is 1. The first kappa shape index (κ1) is 23.3. The van der Waals surface area contributed by atoms with Gasteiger partial charge < -0.3 is 19.5 Å². The predicted octanol–water partition coefficient (Wildman–Crippen LogP) is 4.10. The second kappa shape index (κ2) is 10.9. The van der Waals surface area contributed by atoms with Crippen LogP contribution >= 0.6 is 0 Å². The molecule has 7 heteroatoms. The summed E-state index contributed by atoms with van der Waals surface area (Å²) in [6.45, 7) is 2.90. The van der Waals surface area contributed by atoms with Gasteiger partial charge in [-0.15, -0.1) is 0 Å². The Kier molecular flexibility index (Phi) is 7.25. The van der Waals surface area contributed by atoms with Gasteiger partial charge in [-0.3, -0.25) is 14.7 Å². The Morgan fingerprint density at radius 1 is 1.11 bits per heavy atom. The Morgan fingerprint density at radius 3 is 2.91 bits per heavy atom. The Morgan fingerprint density at radius 2 is 2.06 bits per heavy atom. The SMILES string of the molecule is COc1ccc2cc1Oc1cccc(c1)CO[C@@H]1CCN(Cc3cccnc3)C[C@@H]1NC(=O)CC2. The molecule has 0 spiro atoms. The molecule has 1 amide bonds. The molecule has 0 unspecified atom stereocenters. The van der Waals surface area contributed by atoms with E-state index < -0.39 is 0 Å². The van der Waals surface area contributed by atoms with Gasteiger partial charge >= 0.3 is 0 Å². The zero-order valence-corrected chi connectivity index (χ0v) is 20.0.